The molecule has 1 rings (SSSR count). The Labute approximate surface area is 121 Å². The first-order valence-electron chi connectivity index (χ1n) is 6.36. The summed E-state index contributed by atoms with van der Waals surface area (Å²) in [5.74, 6) is -0.191. The zero-order chi connectivity index (χ0) is 15.9. The fraction of sp³-hybridized carbons (Fsp3) is 0.462. The van der Waals surface area contributed by atoms with Gasteiger partial charge in [0.1, 0.15) is 5.75 Å². The number of aliphatic hydroxyl groups is 2. The van der Waals surface area contributed by atoms with Gasteiger partial charge in [0.05, 0.1) is 23.7 Å². The zero-order valence-corrected chi connectivity index (χ0v) is 11.6. The van der Waals surface area contributed by atoms with Crippen LogP contribution in [0, 0.1) is 10.1 Å². The number of nitro groups is 1. The van der Waals surface area contributed by atoms with Crippen LogP contribution in [-0.4, -0.2) is 46.4 Å². The highest BCUT2D eigenvalue weighted by Crippen LogP contribution is 2.17. The van der Waals surface area contributed by atoms with E-state index in [1.165, 1.54) is 24.3 Å². The van der Waals surface area contributed by atoms with E-state index in [1.54, 1.807) is 6.92 Å². The van der Waals surface area contributed by atoms with Gasteiger partial charge in [-0.2, -0.15) is 0 Å². The second-order valence-corrected chi connectivity index (χ2v) is 4.54. The van der Waals surface area contributed by atoms with Gasteiger partial charge in [-0.25, -0.2) is 0 Å². The summed E-state index contributed by atoms with van der Waals surface area (Å²) in [5, 5.41) is 31.4. The predicted octanol–water partition coefficient (Wildman–Crippen LogP) is 0.223. The summed E-state index contributed by atoms with van der Waals surface area (Å²) in [5.41, 5.74) is -1.15. The van der Waals surface area contributed by atoms with Gasteiger partial charge in [0.25, 0.3) is 11.6 Å². The zero-order valence-electron chi connectivity index (χ0n) is 11.6. The smallest absolute Gasteiger partial charge is 0.269 e. The quantitative estimate of drug-likeness (QED) is 0.466. The van der Waals surface area contributed by atoms with Gasteiger partial charge in [0.15, 0.2) is 6.61 Å². The number of hydrogen-bond acceptors (Lipinski definition) is 6. The number of aliphatic hydroxyl groups excluding tert-OH is 2. The summed E-state index contributed by atoms with van der Waals surface area (Å²) < 4.78 is 5.18. The van der Waals surface area contributed by atoms with Crippen molar-refractivity contribution in [3.8, 4) is 5.75 Å². The molecule has 0 spiro atoms. The van der Waals surface area contributed by atoms with Crippen molar-refractivity contribution < 1.29 is 24.7 Å². The summed E-state index contributed by atoms with van der Waals surface area (Å²) in [6.45, 7) is 0.635. The fourth-order valence-corrected chi connectivity index (χ4v) is 1.59. The molecule has 0 radical (unpaired) electrons. The molecule has 0 atom stereocenters. The van der Waals surface area contributed by atoms with Crippen LogP contribution in [0.5, 0.6) is 5.75 Å². The first-order chi connectivity index (χ1) is 9.96. The van der Waals surface area contributed by atoms with E-state index in [2.05, 4.69) is 5.32 Å². The van der Waals surface area contributed by atoms with Gasteiger partial charge >= 0.3 is 0 Å². The van der Waals surface area contributed by atoms with Crippen LogP contribution in [0.3, 0.4) is 0 Å². The third-order valence-electron chi connectivity index (χ3n) is 3.10. The molecule has 8 nitrogen and oxygen atoms in total. The highest BCUT2D eigenvalue weighted by Gasteiger charge is 2.28. The third-order valence-corrected chi connectivity index (χ3v) is 3.10. The molecule has 8 heteroatoms. The maximum Gasteiger partial charge on any atom is 0.269 e. The van der Waals surface area contributed by atoms with Gasteiger partial charge in [-0.3, -0.25) is 14.9 Å². The standard InChI is InChI=1S/C13H18N2O6/c1-2-13(8-16,9-17)14-12(18)7-21-11-5-3-10(4-6-11)15(19)20/h3-6,16-17H,2,7-9H2,1H3,(H,14,18). The summed E-state index contributed by atoms with van der Waals surface area (Å²) in [7, 11) is 0. The summed E-state index contributed by atoms with van der Waals surface area (Å²) >= 11 is 0. The molecule has 0 bridgehead atoms. The van der Waals surface area contributed by atoms with Crippen LogP contribution in [0.4, 0.5) is 5.69 Å². The van der Waals surface area contributed by atoms with Crippen LogP contribution in [0.15, 0.2) is 24.3 Å². The summed E-state index contributed by atoms with van der Waals surface area (Å²) in [4.78, 5) is 21.7. The van der Waals surface area contributed by atoms with E-state index in [4.69, 9.17) is 4.74 Å². The molecule has 0 aromatic heterocycles. The van der Waals surface area contributed by atoms with Crippen LogP contribution in [0.2, 0.25) is 0 Å². The fourth-order valence-electron chi connectivity index (χ4n) is 1.59. The number of ether oxygens (including phenoxy) is 1. The van der Waals surface area contributed by atoms with Gasteiger partial charge < -0.3 is 20.3 Å². The molecule has 1 aromatic rings. The van der Waals surface area contributed by atoms with Crippen LogP contribution in [0.25, 0.3) is 0 Å². The monoisotopic (exact) mass is 298 g/mol. The van der Waals surface area contributed by atoms with Gasteiger partial charge in [0.2, 0.25) is 0 Å². The van der Waals surface area contributed by atoms with Crippen molar-refractivity contribution in [1.29, 1.82) is 0 Å². The number of amides is 1. The number of nitrogens with zero attached hydrogens (tertiary/aromatic N) is 1. The minimum Gasteiger partial charge on any atom is -0.484 e. The molecule has 0 heterocycles. The molecule has 21 heavy (non-hydrogen) atoms. The van der Waals surface area contributed by atoms with E-state index >= 15 is 0 Å². The Morgan fingerprint density at radius 3 is 2.33 bits per heavy atom. The van der Waals surface area contributed by atoms with Gasteiger partial charge in [0, 0.05) is 12.1 Å². The minimum atomic E-state index is -1.07. The molecule has 0 aliphatic carbocycles. The van der Waals surface area contributed by atoms with Crippen molar-refractivity contribution in [3.63, 3.8) is 0 Å². The van der Waals surface area contributed by atoms with Crippen LogP contribution < -0.4 is 10.1 Å². The third kappa shape index (κ3) is 4.69. The van der Waals surface area contributed by atoms with E-state index in [1.807, 2.05) is 0 Å². The molecule has 0 unspecified atom stereocenters. The van der Waals surface area contributed by atoms with Crippen LogP contribution in [0.1, 0.15) is 13.3 Å². The molecule has 0 fully saturated rings. The average Bonchev–Trinajstić information content (AvgIpc) is 2.51. The first kappa shape index (κ1) is 16.9. The number of benzene rings is 1. The normalized spacial score (nSPS) is 11.0. The second-order valence-electron chi connectivity index (χ2n) is 4.54. The first-order valence-corrected chi connectivity index (χ1v) is 6.36. The van der Waals surface area contributed by atoms with Crippen molar-refractivity contribution in [1.82, 2.24) is 5.32 Å². The van der Waals surface area contributed by atoms with E-state index in [-0.39, 0.29) is 25.5 Å². The molecule has 116 valence electrons. The lowest BCUT2D eigenvalue weighted by molar-refractivity contribution is -0.384. The number of nitrogens with one attached hydrogen (secondary N) is 1. The molecule has 1 aromatic carbocycles. The SMILES string of the molecule is CCC(CO)(CO)NC(=O)COc1ccc([N+](=O)[O-])cc1. The predicted molar refractivity (Wildman–Crippen MR) is 73.9 cm³/mol. The van der Waals surface area contributed by atoms with E-state index in [0.29, 0.717) is 12.2 Å². The molecule has 0 saturated carbocycles. The highest BCUT2D eigenvalue weighted by molar-refractivity contribution is 5.78. The Morgan fingerprint density at radius 1 is 1.33 bits per heavy atom. The van der Waals surface area contributed by atoms with E-state index in [0.717, 1.165) is 0 Å². The maximum absolute atomic E-state index is 11.7. The second kappa shape index (κ2) is 7.55. The number of rotatable bonds is 8. The Morgan fingerprint density at radius 2 is 1.90 bits per heavy atom. The molecule has 1 amide bonds. The average molecular weight is 298 g/mol. The number of carbonyl (C=O) groups excluding carboxylic acids is 1. The summed E-state index contributed by atoms with van der Waals surface area (Å²) in [6, 6.07) is 5.31. The largest absolute Gasteiger partial charge is 0.484 e. The number of non-ortho nitro benzene ring substituents is 1. The number of carbonyl (C=O) groups is 1. The molecule has 0 aliphatic heterocycles. The van der Waals surface area contributed by atoms with E-state index in [9.17, 15) is 25.1 Å². The molecule has 0 saturated heterocycles. The number of nitro benzene ring substituents is 1. The highest BCUT2D eigenvalue weighted by atomic mass is 16.6. The van der Waals surface area contributed by atoms with Gasteiger partial charge in [-0.05, 0) is 18.6 Å². The Hall–Kier alpha value is -2.19. The van der Waals surface area contributed by atoms with Crippen molar-refractivity contribution in [3.05, 3.63) is 34.4 Å². The van der Waals surface area contributed by atoms with Crippen molar-refractivity contribution in [2.45, 2.75) is 18.9 Å². The Bertz CT molecular complexity index is 476. The molecule has 3 N–H and O–H groups in total. The van der Waals surface area contributed by atoms with Crippen molar-refractivity contribution >= 4 is 11.6 Å². The number of hydrogen-bond donors (Lipinski definition) is 3. The van der Waals surface area contributed by atoms with Crippen LogP contribution >= 0.6 is 0 Å². The minimum absolute atomic E-state index is 0.0719. The topological polar surface area (TPSA) is 122 Å². The molecular weight excluding hydrogens is 280 g/mol. The lowest BCUT2D eigenvalue weighted by atomic mass is 9.98. The Kier molecular flexibility index (Phi) is 6.07. The van der Waals surface area contributed by atoms with E-state index < -0.39 is 16.4 Å². The lowest BCUT2D eigenvalue weighted by Gasteiger charge is -2.29. The maximum atomic E-state index is 11.7. The summed E-state index contributed by atoms with van der Waals surface area (Å²) in [6.07, 6.45) is 0.364. The van der Waals surface area contributed by atoms with Gasteiger partial charge in [-0.1, -0.05) is 6.92 Å². The molecule has 0 aliphatic rings. The van der Waals surface area contributed by atoms with Crippen molar-refractivity contribution in [2.24, 2.45) is 0 Å². The molecular formula is C13H18N2O6. The van der Waals surface area contributed by atoms with Gasteiger partial charge in [-0.15, -0.1) is 0 Å². The Balaban J connectivity index is 2.54. The lowest BCUT2D eigenvalue weighted by Crippen LogP contribution is -2.54. The van der Waals surface area contributed by atoms with Crippen LogP contribution in [-0.2, 0) is 4.79 Å². The van der Waals surface area contributed by atoms with Crippen molar-refractivity contribution in [2.75, 3.05) is 19.8 Å².